The number of rotatable bonds is 1. The highest BCUT2D eigenvalue weighted by molar-refractivity contribution is 6.77. The highest BCUT2D eigenvalue weighted by Gasteiger charge is 2.35. The van der Waals surface area contributed by atoms with Gasteiger partial charge in [-0.25, -0.2) is 0 Å². The van der Waals surface area contributed by atoms with Gasteiger partial charge >= 0.3 is 0 Å². The maximum Gasteiger partial charge on any atom is 0.0474 e. The van der Waals surface area contributed by atoms with Crippen molar-refractivity contribution < 1.29 is 0 Å². The molecule has 1 fully saturated rings. The Hall–Kier alpha value is 0.217. The van der Waals surface area contributed by atoms with Crippen LogP contribution in [0, 0.1) is 5.41 Å². The number of hydrogen-bond acceptors (Lipinski definition) is 0. The highest BCUT2D eigenvalue weighted by Crippen LogP contribution is 2.45. The van der Waals surface area contributed by atoms with Crippen molar-refractivity contribution in [2.45, 2.75) is 64.7 Å². The van der Waals surface area contributed by atoms with E-state index in [2.05, 4.69) is 33.5 Å². The fourth-order valence-corrected chi connectivity index (χ4v) is 4.67. The molecule has 0 amide bonds. The van der Waals surface area contributed by atoms with E-state index in [1.165, 1.54) is 25.7 Å². The average Bonchev–Trinajstić information content (AvgIpc) is 1.83. The van der Waals surface area contributed by atoms with Crippen LogP contribution in [0.25, 0.3) is 0 Å². The first-order chi connectivity index (χ1) is 5.31. The largest absolute Gasteiger partial charge is 0.0693 e. The molecule has 0 spiro atoms. The third-order valence-electron chi connectivity index (χ3n) is 3.43. The summed E-state index contributed by atoms with van der Waals surface area (Å²) in [5, 5.41) is 0. The van der Waals surface area contributed by atoms with E-state index in [-0.39, 0.29) is 0 Å². The van der Waals surface area contributed by atoms with Gasteiger partial charge in [-0.1, -0.05) is 46.3 Å². The lowest BCUT2D eigenvalue weighted by atomic mass is 9.77. The predicted octanol–water partition coefficient (Wildman–Crippen LogP) is 4.30. The van der Waals surface area contributed by atoms with Crippen LogP contribution < -0.4 is 0 Å². The molecule has 1 heteroatoms. The molecule has 1 aliphatic rings. The van der Waals surface area contributed by atoms with Crippen LogP contribution in [-0.2, 0) is 0 Å². The molecule has 0 aromatic rings. The van der Waals surface area contributed by atoms with Crippen LogP contribution in [0.5, 0.6) is 0 Å². The second-order valence-corrected chi connectivity index (χ2v) is 11.9. The Balaban J connectivity index is 2.58. The molecule has 0 nitrogen and oxygen atoms in total. The molecule has 0 heterocycles. The maximum atomic E-state index is 2.53. The zero-order valence-electron chi connectivity index (χ0n) is 9.41. The molecule has 12 heavy (non-hydrogen) atoms. The molecule has 0 saturated heterocycles. The molecule has 0 aromatic carbocycles. The zero-order valence-corrected chi connectivity index (χ0v) is 10.4. The van der Waals surface area contributed by atoms with E-state index in [1.54, 1.807) is 0 Å². The van der Waals surface area contributed by atoms with Gasteiger partial charge in [-0.2, -0.15) is 0 Å². The van der Waals surface area contributed by atoms with E-state index in [0.717, 1.165) is 5.54 Å². The van der Waals surface area contributed by atoms with Crippen molar-refractivity contribution in [3.8, 4) is 0 Å². The maximum absolute atomic E-state index is 2.53. The Morgan fingerprint density at radius 2 is 1.75 bits per heavy atom. The van der Waals surface area contributed by atoms with Gasteiger partial charge in [-0.3, -0.25) is 0 Å². The molecule has 0 aromatic heterocycles. The first kappa shape index (κ1) is 10.3. The molecular formula is C11H24Si. The lowest BCUT2D eigenvalue weighted by Gasteiger charge is -2.40. The van der Waals surface area contributed by atoms with Gasteiger partial charge in [0.2, 0.25) is 0 Å². The summed E-state index contributed by atoms with van der Waals surface area (Å²) in [5.74, 6) is 0. The van der Waals surface area contributed by atoms with E-state index in [1.807, 2.05) is 0 Å². The lowest BCUT2D eigenvalue weighted by molar-refractivity contribution is 0.241. The Labute approximate surface area is 78.8 Å². The van der Waals surface area contributed by atoms with Gasteiger partial charge in [0.1, 0.15) is 0 Å². The summed E-state index contributed by atoms with van der Waals surface area (Å²) < 4.78 is 0. The van der Waals surface area contributed by atoms with Crippen LogP contribution in [0.3, 0.4) is 0 Å². The third kappa shape index (κ3) is 2.62. The monoisotopic (exact) mass is 184 g/mol. The van der Waals surface area contributed by atoms with Crippen molar-refractivity contribution in [2.24, 2.45) is 5.41 Å². The van der Waals surface area contributed by atoms with Crippen molar-refractivity contribution in [3.63, 3.8) is 0 Å². The summed E-state index contributed by atoms with van der Waals surface area (Å²) in [5.41, 5.74) is 1.73. The van der Waals surface area contributed by atoms with E-state index in [4.69, 9.17) is 0 Å². The van der Waals surface area contributed by atoms with Crippen LogP contribution in [0.15, 0.2) is 0 Å². The molecule has 1 saturated carbocycles. The fraction of sp³-hybridized carbons (Fsp3) is 1.00. The van der Waals surface area contributed by atoms with Crippen LogP contribution >= 0.6 is 0 Å². The van der Waals surface area contributed by atoms with Gasteiger partial charge in [-0.05, 0) is 23.8 Å². The van der Waals surface area contributed by atoms with Gasteiger partial charge in [0.25, 0.3) is 0 Å². The average molecular weight is 184 g/mol. The van der Waals surface area contributed by atoms with Gasteiger partial charge in [0, 0.05) is 8.07 Å². The van der Waals surface area contributed by atoms with E-state index < -0.39 is 8.07 Å². The molecule has 0 bridgehead atoms. The van der Waals surface area contributed by atoms with Gasteiger partial charge in [-0.15, -0.1) is 0 Å². The van der Waals surface area contributed by atoms with Crippen LogP contribution in [0.4, 0.5) is 0 Å². The predicted molar refractivity (Wildman–Crippen MR) is 59.3 cm³/mol. The standard InChI is InChI=1S/C11H24Si/c1-11(2)8-6-7-10(9-11)12(3,4)5/h10H,6-9H2,1-5H3. The summed E-state index contributed by atoms with van der Waals surface area (Å²) in [6.45, 7) is 12.5. The second-order valence-electron chi connectivity index (χ2n) is 6.32. The van der Waals surface area contributed by atoms with Crippen molar-refractivity contribution in [3.05, 3.63) is 0 Å². The molecule has 1 atom stereocenters. The lowest BCUT2D eigenvalue weighted by Crippen LogP contribution is -2.34. The molecule has 0 radical (unpaired) electrons. The molecule has 1 unspecified atom stereocenters. The van der Waals surface area contributed by atoms with Crippen LogP contribution in [-0.4, -0.2) is 8.07 Å². The molecule has 1 aliphatic carbocycles. The summed E-state index contributed by atoms with van der Waals surface area (Å²) in [7, 11) is -0.845. The highest BCUT2D eigenvalue weighted by atomic mass is 28.3. The SMILES string of the molecule is CC1(C)CCCC([Si](C)(C)C)C1. The van der Waals surface area contributed by atoms with E-state index in [9.17, 15) is 0 Å². The van der Waals surface area contributed by atoms with Crippen molar-refractivity contribution >= 4 is 8.07 Å². The van der Waals surface area contributed by atoms with Gasteiger partial charge in [0.05, 0.1) is 0 Å². The van der Waals surface area contributed by atoms with Gasteiger partial charge < -0.3 is 0 Å². The summed E-state index contributed by atoms with van der Waals surface area (Å²) in [6, 6.07) is 0. The summed E-state index contributed by atoms with van der Waals surface area (Å²) in [4.78, 5) is 0. The minimum Gasteiger partial charge on any atom is -0.0693 e. The molecule has 0 N–H and O–H groups in total. The van der Waals surface area contributed by atoms with E-state index >= 15 is 0 Å². The van der Waals surface area contributed by atoms with E-state index in [0.29, 0.717) is 5.41 Å². The fourth-order valence-electron chi connectivity index (χ4n) is 2.44. The normalized spacial score (nSPS) is 30.2. The van der Waals surface area contributed by atoms with Crippen molar-refractivity contribution in [2.75, 3.05) is 0 Å². The first-order valence-corrected chi connectivity index (χ1v) is 8.89. The topological polar surface area (TPSA) is 0 Å². The number of hydrogen-bond donors (Lipinski definition) is 0. The molecule has 0 aliphatic heterocycles. The van der Waals surface area contributed by atoms with Gasteiger partial charge in [0.15, 0.2) is 0 Å². The second kappa shape index (κ2) is 3.17. The Morgan fingerprint density at radius 1 is 1.17 bits per heavy atom. The molecule has 72 valence electrons. The Bertz CT molecular complexity index is 150. The smallest absolute Gasteiger partial charge is 0.0474 e. The molecule has 1 rings (SSSR count). The van der Waals surface area contributed by atoms with Crippen LogP contribution in [0.1, 0.15) is 39.5 Å². The van der Waals surface area contributed by atoms with Crippen LogP contribution in [0.2, 0.25) is 25.2 Å². The van der Waals surface area contributed by atoms with Crippen molar-refractivity contribution in [1.82, 2.24) is 0 Å². The molecular weight excluding hydrogens is 160 g/mol. The minimum absolute atomic E-state index is 0.642. The Morgan fingerprint density at radius 3 is 2.08 bits per heavy atom. The first-order valence-electron chi connectivity index (χ1n) is 5.31. The Kier molecular flexibility index (Phi) is 2.72. The zero-order chi connectivity index (χ0) is 9.41. The van der Waals surface area contributed by atoms with Crippen molar-refractivity contribution in [1.29, 1.82) is 0 Å². The minimum atomic E-state index is -0.845. The summed E-state index contributed by atoms with van der Waals surface area (Å²) in [6.07, 6.45) is 5.93. The third-order valence-corrected chi connectivity index (χ3v) is 6.37. The quantitative estimate of drug-likeness (QED) is 0.533. The summed E-state index contributed by atoms with van der Waals surface area (Å²) >= 11 is 0.